The molecule has 1 heterocycles. The molecular weight excluding hydrogens is 407 g/mol. The topological polar surface area (TPSA) is 57.7 Å². The van der Waals surface area contributed by atoms with Crippen molar-refractivity contribution in [2.45, 2.75) is 25.9 Å². The normalized spacial score (nSPS) is 16.3. The van der Waals surface area contributed by atoms with E-state index >= 15 is 0 Å². The Labute approximate surface area is 169 Å². The lowest BCUT2D eigenvalue weighted by atomic mass is 10.1. The zero-order chi connectivity index (χ0) is 19.9. The van der Waals surface area contributed by atoms with Gasteiger partial charge in [-0.25, -0.2) is 8.42 Å². The van der Waals surface area contributed by atoms with Gasteiger partial charge in [0.15, 0.2) is 0 Å². The van der Waals surface area contributed by atoms with Crippen LogP contribution < -0.4 is 4.31 Å². The van der Waals surface area contributed by atoms with E-state index in [0.717, 1.165) is 11.1 Å². The molecule has 0 saturated carbocycles. The van der Waals surface area contributed by atoms with E-state index in [0.29, 0.717) is 34.3 Å². The van der Waals surface area contributed by atoms with E-state index in [9.17, 15) is 13.2 Å². The smallest absolute Gasteiger partial charge is 0.253 e. The standard InChI is InChI=1S/C19H20Cl2N2O3S/c1-12-9-15-10-13(7-8-17(15)23(12)27(3,25)26)19(24)22(2)11-14-5-4-6-16(20)18(14)21/h4-8,10,12H,9,11H2,1-3H3. The Hall–Kier alpha value is -1.76. The number of carbonyl (C=O) groups excluding carboxylic acids is 1. The second-order valence-corrected chi connectivity index (χ2v) is 9.47. The first-order valence-electron chi connectivity index (χ1n) is 8.40. The highest BCUT2D eigenvalue weighted by molar-refractivity contribution is 7.92. The molecule has 0 radical (unpaired) electrons. The van der Waals surface area contributed by atoms with Crippen LogP contribution in [0.3, 0.4) is 0 Å². The molecule has 2 aromatic rings. The van der Waals surface area contributed by atoms with Crippen molar-refractivity contribution >= 4 is 44.8 Å². The molecule has 0 bridgehead atoms. The maximum Gasteiger partial charge on any atom is 0.253 e. The summed E-state index contributed by atoms with van der Waals surface area (Å²) in [6, 6.07) is 10.3. The fraction of sp³-hybridized carbons (Fsp3) is 0.316. The molecule has 27 heavy (non-hydrogen) atoms. The summed E-state index contributed by atoms with van der Waals surface area (Å²) in [5.74, 6) is -0.167. The predicted molar refractivity (Wildman–Crippen MR) is 109 cm³/mol. The van der Waals surface area contributed by atoms with Crippen LogP contribution in [0.4, 0.5) is 5.69 Å². The summed E-state index contributed by atoms with van der Waals surface area (Å²) in [4.78, 5) is 14.4. The monoisotopic (exact) mass is 426 g/mol. The van der Waals surface area contributed by atoms with E-state index in [4.69, 9.17) is 23.2 Å². The molecule has 0 fully saturated rings. The van der Waals surface area contributed by atoms with Gasteiger partial charge in [-0.15, -0.1) is 0 Å². The first-order chi connectivity index (χ1) is 12.6. The molecule has 8 heteroatoms. The molecule has 1 amide bonds. The molecule has 0 saturated heterocycles. The average molecular weight is 427 g/mol. The fourth-order valence-corrected chi connectivity index (χ4v) is 5.10. The summed E-state index contributed by atoms with van der Waals surface area (Å²) in [5, 5.41) is 0.882. The van der Waals surface area contributed by atoms with E-state index in [1.807, 2.05) is 13.0 Å². The summed E-state index contributed by atoms with van der Waals surface area (Å²) in [7, 11) is -1.66. The van der Waals surface area contributed by atoms with E-state index < -0.39 is 10.0 Å². The van der Waals surface area contributed by atoms with Gasteiger partial charge in [0.25, 0.3) is 5.91 Å². The van der Waals surface area contributed by atoms with Crippen molar-refractivity contribution in [3.05, 3.63) is 63.1 Å². The molecule has 144 valence electrons. The third kappa shape index (κ3) is 3.93. The summed E-state index contributed by atoms with van der Waals surface area (Å²) in [6.45, 7) is 2.18. The van der Waals surface area contributed by atoms with Gasteiger partial charge in [0.05, 0.1) is 22.0 Å². The van der Waals surface area contributed by atoms with Crippen molar-refractivity contribution < 1.29 is 13.2 Å². The number of amides is 1. The highest BCUT2D eigenvalue weighted by Gasteiger charge is 2.33. The minimum Gasteiger partial charge on any atom is -0.337 e. The van der Waals surface area contributed by atoms with Gasteiger partial charge in [0.2, 0.25) is 10.0 Å². The molecule has 3 rings (SSSR count). The Morgan fingerprint density at radius 3 is 2.63 bits per heavy atom. The zero-order valence-electron chi connectivity index (χ0n) is 15.2. The molecule has 1 aliphatic rings. The number of benzene rings is 2. The molecule has 1 atom stereocenters. The van der Waals surface area contributed by atoms with Crippen LogP contribution in [0.15, 0.2) is 36.4 Å². The number of rotatable bonds is 4. The van der Waals surface area contributed by atoms with Crippen LogP contribution in [0.5, 0.6) is 0 Å². The first-order valence-corrected chi connectivity index (χ1v) is 11.0. The van der Waals surface area contributed by atoms with Gasteiger partial charge in [-0.3, -0.25) is 9.10 Å². The SMILES string of the molecule is CC1Cc2cc(C(=O)N(C)Cc3cccc(Cl)c3Cl)ccc2N1S(C)(=O)=O. The van der Waals surface area contributed by atoms with Gasteiger partial charge in [-0.1, -0.05) is 35.3 Å². The molecule has 0 N–H and O–H groups in total. The molecule has 0 aliphatic carbocycles. The van der Waals surface area contributed by atoms with Crippen LogP contribution in [0.25, 0.3) is 0 Å². The Balaban J connectivity index is 1.84. The van der Waals surface area contributed by atoms with Crippen LogP contribution in [-0.4, -0.2) is 38.6 Å². The largest absolute Gasteiger partial charge is 0.337 e. The second-order valence-electron chi connectivity index (χ2n) is 6.83. The van der Waals surface area contributed by atoms with Gasteiger partial charge in [0, 0.05) is 25.2 Å². The number of hydrogen-bond acceptors (Lipinski definition) is 3. The number of fused-ring (bicyclic) bond motifs is 1. The summed E-state index contributed by atoms with van der Waals surface area (Å²) >= 11 is 12.2. The number of carbonyl (C=O) groups is 1. The lowest BCUT2D eigenvalue weighted by Gasteiger charge is -2.22. The minimum absolute atomic E-state index is 0.164. The van der Waals surface area contributed by atoms with Crippen molar-refractivity contribution in [1.82, 2.24) is 4.90 Å². The number of nitrogens with zero attached hydrogens (tertiary/aromatic N) is 2. The molecule has 1 aliphatic heterocycles. The molecular formula is C19H20Cl2N2O3S. The molecule has 2 aromatic carbocycles. The quantitative estimate of drug-likeness (QED) is 0.742. The second kappa shape index (κ2) is 7.34. The van der Waals surface area contributed by atoms with Crippen molar-refractivity contribution in [1.29, 1.82) is 0 Å². The van der Waals surface area contributed by atoms with Crippen molar-refractivity contribution in [2.24, 2.45) is 0 Å². The molecule has 1 unspecified atom stereocenters. The Morgan fingerprint density at radius 1 is 1.26 bits per heavy atom. The maximum absolute atomic E-state index is 12.8. The average Bonchev–Trinajstić information content (AvgIpc) is 2.93. The summed E-state index contributed by atoms with van der Waals surface area (Å²) < 4.78 is 25.5. The van der Waals surface area contributed by atoms with Crippen molar-refractivity contribution in [2.75, 3.05) is 17.6 Å². The number of sulfonamides is 1. The van der Waals surface area contributed by atoms with Crippen LogP contribution in [0, 0.1) is 0 Å². The highest BCUT2D eigenvalue weighted by atomic mass is 35.5. The maximum atomic E-state index is 12.8. The van der Waals surface area contributed by atoms with Crippen LogP contribution >= 0.6 is 23.2 Å². The Morgan fingerprint density at radius 2 is 1.96 bits per heavy atom. The molecule has 0 aromatic heterocycles. The van der Waals surface area contributed by atoms with Crippen LogP contribution in [0.2, 0.25) is 10.0 Å². The lowest BCUT2D eigenvalue weighted by Crippen LogP contribution is -2.34. The molecule has 5 nitrogen and oxygen atoms in total. The van der Waals surface area contributed by atoms with Crippen molar-refractivity contribution in [3.63, 3.8) is 0 Å². The third-order valence-corrected chi connectivity index (χ3v) is 6.75. The van der Waals surface area contributed by atoms with Crippen LogP contribution in [0.1, 0.15) is 28.4 Å². The zero-order valence-corrected chi connectivity index (χ0v) is 17.6. The lowest BCUT2D eigenvalue weighted by molar-refractivity contribution is 0.0785. The van der Waals surface area contributed by atoms with Crippen LogP contribution in [-0.2, 0) is 23.0 Å². The van der Waals surface area contributed by atoms with E-state index in [-0.39, 0.29) is 11.9 Å². The minimum atomic E-state index is -3.35. The fourth-order valence-electron chi connectivity index (χ4n) is 3.46. The first kappa shape index (κ1) is 20.0. The highest BCUT2D eigenvalue weighted by Crippen LogP contribution is 2.35. The Bertz CT molecular complexity index is 1010. The predicted octanol–water partition coefficient (Wildman–Crippen LogP) is 3.98. The van der Waals surface area contributed by atoms with E-state index in [1.165, 1.54) is 10.6 Å². The van der Waals surface area contributed by atoms with Crippen molar-refractivity contribution in [3.8, 4) is 0 Å². The number of anilines is 1. The van der Waals surface area contributed by atoms with Gasteiger partial charge >= 0.3 is 0 Å². The van der Waals surface area contributed by atoms with Gasteiger partial charge in [0.1, 0.15) is 0 Å². The Kier molecular flexibility index (Phi) is 5.43. The van der Waals surface area contributed by atoms with Gasteiger partial charge in [-0.05, 0) is 48.7 Å². The number of halogens is 2. The van der Waals surface area contributed by atoms with E-state index in [1.54, 1.807) is 42.3 Å². The third-order valence-electron chi connectivity index (χ3n) is 4.62. The van der Waals surface area contributed by atoms with Gasteiger partial charge in [-0.2, -0.15) is 0 Å². The summed E-state index contributed by atoms with van der Waals surface area (Å²) in [6.07, 6.45) is 1.77. The van der Waals surface area contributed by atoms with Gasteiger partial charge < -0.3 is 4.90 Å². The molecule has 0 spiro atoms. The van der Waals surface area contributed by atoms with E-state index in [2.05, 4.69) is 0 Å². The number of hydrogen-bond donors (Lipinski definition) is 0. The summed E-state index contributed by atoms with van der Waals surface area (Å²) in [5.41, 5.74) is 2.77.